The van der Waals surface area contributed by atoms with Gasteiger partial charge in [-0.25, -0.2) is 0 Å². The minimum absolute atomic E-state index is 0.145. The summed E-state index contributed by atoms with van der Waals surface area (Å²) in [4.78, 5) is 23.7. The van der Waals surface area contributed by atoms with Crippen molar-refractivity contribution in [3.8, 4) is 0 Å². The van der Waals surface area contributed by atoms with Gasteiger partial charge in [0, 0.05) is 11.4 Å². The number of halogens is 8. The number of aryl methyl sites for hydroxylation is 2. The van der Waals surface area contributed by atoms with Crippen LogP contribution in [-0.4, -0.2) is 35.5 Å². The molecule has 0 unspecified atom stereocenters. The molecule has 12 heteroatoms. The van der Waals surface area contributed by atoms with Crippen LogP contribution in [0.1, 0.15) is 25.0 Å². The molecule has 2 amide bonds. The number of hydrogen-bond donors (Lipinski definition) is 2. The molecule has 0 aliphatic heterocycles. The van der Waals surface area contributed by atoms with E-state index in [1.807, 2.05) is 0 Å². The van der Waals surface area contributed by atoms with Gasteiger partial charge in [0.2, 0.25) is 0 Å². The highest BCUT2D eigenvalue weighted by molar-refractivity contribution is 5.99. The van der Waals surface area contributed by atoms with Gasteiger partial charge >= 0.3 is 35.5 Å². The van der Waals surface area contributed by atoms with Crippen molar-refractivity contribution in [1.82, 2.24) is 0 Å². The van der Waals surface area contributed by atoms with E-state index in [-0.39, 0.29) is 24.0 Å². The molecule has 0 aliphatic carbocycles. The summed E-state index contributed by atoms with van der Waals surface area (Å²) < 4.78 is 114. The molecule has 2 aromatic rings. The molecule has 2 N–H and O–H groups in total. The lowest BCUT2D eigenvalue weighted by Gasteiger charge is -2.35. The van der Waals surface area contributed by atoms with Crippen molar-refractivity contribution >= 4 is 23.2 Å². The Morgan fingerprint density at radius 2 is 0.912 bits per heavy atom. The standard InChI is InChI=1S/C22H20F8N2O2/c1-3-13-9-5-7-11-15(13)31-17(33)19(23,24)21(27,28)22(29,30)20(25,26)18(34)32-16-12-8-6-10-14(16)4-2/h5-12H,3-4H2,1-2H3,(H,31,33)(H,32,34). The van der Waals surface area contributed by atoms with Gasteiger partial charge in [-0.3, -0.25) is 9.59 Å². The summed E-state index contributed by atoms with van der Waals surface area (Å²) in [6.45, 7) is 3.06. The molecular formula is C22H20F8N2O2. The largest absolute Gasteiger partial charge is 0.393 e. The zero-order chi connectivity index (χ0) is 25.9. The van der Waals surface area contributed by atoms with Crippen molar-refractivity contribution < 1.29 is 44.7 Å². The van der Waals surface area contributed by atoms with E-state index in [4.69, 9.17) is 0 Å². The van der Waals surface area contributed by atoms with Crippen molar-refractivity contribution in [2.75, 3.05) is 10.6 Å². The normalized spacial score (nSPS) is 12.9. The average molecular weight is 496 g/mol. The Hall–Kier alpha value is -3.18. The fourth-order valence-electron chi connectivity index (χ4n) is 2.98. The lowest BCUT2D eigenvalue weighted by Crippen LogP contribution is -2.67. The Morgan fingerprint density at radius 3 is 1.21 bits per heavy atom. The lowest BCUT2D eigenvalue weighted by molar-refractivity contribution is -0.345. The molecule has 0 bridgehead atoms. The van der Waals surface area contributed by atoms with Crippen molar-refractivity contribution in [2.45, 2.75) is 50.4 Å². The van der Waals surface area contributed by atoms with Crippen molar-refractivity contribution in [3.05, 3.63) is 59.7 Å². The van der Waals surface area contributed by atoms with Crippen molar-refractivity contribution in [1.29, 1.82) is 0 Å². The molecule has 0 atom stereocenters. The van der Waals surface area contributed by atoms with Gasteiger partial charge in [-0.1, -0.05) is 50.2 Å². The van der Waals surface area contributed by atoms with Crippen LogP contribution in [0.2, 0.25) is 0 Å². The first-order chi connectivity index (χ1) is 15.6. The smallest absolute Gasteiger partial charge is 0.320 e. The van der Waals surface area contributed by atoms with E-state index >= 15 is 0 Å². The molecule has 0 radical (unpaired) electrons. The van der Waals surface area contributed by atoms with Gasteiger partial charge in [0.1, 0.15) is 0 Å². The van der Waals surface area contributed by atoms with Gasteiger partial charge in [-0.05, 0) is 36.1 Å². The quantitative estimate of drug-likeness (QED) is 0.423. The fourth-order valence-corrected chi connectivity index (χ4v) is 2.98. The number of nitrogens with one attached hydrogen (secondary N) is 2. The molecule has 0 fully saturated rings. The van der Waals surface area contributed by atoms with E-state index in [1.165, 1.54) is 60.9 Å². The number of carbonyl (C=O) groups excluding carboxylic acids is 2. The summed E-state index contributed by atoms with van der Waals surface area (Å²) in [6, 6.07) is 10.1. The summed E-state index contributed by atoms with van der Waals surface area (Å²) in [5.74, 6) is -32.4. The number of benzene rings is 2. The second-order valence-corrected chi connectivity index (χ2v) is 7.23. The zero-order valence-corrected chi connectivity index (χ0v) is 17.9. The summed E-state index contributed by atoms with van der Waals surface area (Å²) in [5, 5.41) is 2.74. The first-order valence-corrected chi connectivity index (χ1v) is 9.95. The maximum atomic E-state index is 14.2. The maximum absolute atomic E-state index is 14.2. The third kappa shape index (κ3) is 4.58. The summed E-state index contributed by atoms with van der Waals surface area (Å²) in [5.41, 5.74) is -0.397. The van der Waals surface area contributed by atoms with E-state index in [0.29, 0.717) is 0 Å². The van der Waals surface area contributed by atoms with E-state index < -0.39 is 46.9 Å². The Balaban J connectivity index is 2.37. The lowest BCUT2D eigenvalue weighted by atomic mass is 9.96. The molecule has 0 saturated carbocycles. The number of alkyl halides is 8. The van der Waals surface area contributed by atoms with E-state index in [1.54, 1.807) is 0 Å². The molecule has 0 heterocycles. The van der Waals surface area contributed by atoms with Crippen LogP contribution in [0.4, 0.5) is 46.5 Å². The molecule has 34 heavy (non-hydrogen) atoms. The number of rotatable bonds is 9. The van der Waals surface area contributed by atoms with Crippen LogP contribution in [0.25, 0.3) is 0 Å². The van der Waals surface area contributed by atoms with Crippen LogP contribution in [0.3, 0.4) is 0 Å². The highest BCUT2D eigenvalue weighted by atomic mass is 19.4. The molecular weight excluding hydrogens is 476 g/mol. The van der Waals surface area contributed by atoms with Gasteiger partial charge in [-0.2, -0.15) is 35.1 Å². The Kier molecular flexibility index (Phi) is 7.63. The van der Waals surface area contributed by atoms with Gasteiger partial charge in [0.05, 0.1) is 0 Å². The molecule has 2 aromatic carbocycles. The maximum Gasteiger partial charge on any atom is 0.393 e. The second-order valence-electron chi connectivity index (χ2n) is 7.23. The van der Waals surface area contributed by atoms with Crippen LogP contribution in [0, 0.1) is 0 Å². The van der Waals surface area contributed by atoms with Crippen LogP contribution >= 0.6 is 0 Å². The predicted octanol–water partition coefficient (Wildman–Crippen LogP) is 5.93. The zero-order valence-electron chi connectivity index (χ0n) is 17.9. The minimum Gasteiger partial charge on any atom is -0.320 e. The number of anilines is 2. The Labute approximate surface area is 189 Å². The van der Waals surface area contributed by atoms with Crippen molar-refractivity contribution in [2.24, 2.45) is 0 Å². The monoisotopic (exact) mass is 496 g/mol. The molecule has 0 aromatic heterocycles. The van der Waals surface area contributed by atoms with E-state index in [2.05, 4.69) is 0 Å². The number of amides is 2. The first kappa shape index (κ1) is 27.1. The minimum atomic E-state index is -6.95. The topological polar surface area (TPSA) is 58.2 Å². The molecule has 0 saturated heterocycles. The molecule has 4 nitrogen and oxygen atoms in total. The van der Waals surface area contributed by atoms with Gasteiger partial charge in [0.25, 0.3) is 0 Å². The van der Waals surface area contributed by atoms with Gasteiger partial charge < -0.3 is 10.6 Å². The fraction of sp³-hybridized carbons (Fsp3) is 0.364. The van der Waals surface area contributed by atoms with Gasteiger partial charge in [-0.15, -0.1) is 0 Å². The SMILES string of the molecule is CCc1ccccc1NC(=O)C(F)(F)C(F)(F)C(F)(F)C(F)(F)C(=O)Nc1ccccc1CC. The Morgan fingerprint density at radius 1 is 0.618 bits per heavy atom. The van der Waals surface area contributed by atoms with E-state index in [0.717, 1.165) is 12.1 Å². The number of hydrogen-bond acceptors (Lipinski definition) is 2. The van der Waals surface area contributed by atoms with Crippen LogP contribution < -0.4 is 10.6 Å². The third-order valence-corrected chi connectivity index (χ3v) is 5.05. The summed E-state index contributed by atoms with van der Waals surface area (Å²) in [7, 11) is 0. The van der Waals surface area contributed by atoms with Crippen LogP contribution in [0.5, 0.6) is 0 Å². The second kappa shape index (κ2) is 9.59. The average Bonchev–Trinajstić information content (AvgIpc) is 2.79. The van der Waals surface area contributed by atoms with Crippen molar-refractivity contribution in [3.63, 3.8) is 0 Å². The predicted molar refractivity (Wildman–Crippen MR) is 109 cm³/mol. The molecule has 0 spiro atoms. The first-order valence-electron chi connectivity index (χ1n) is 9.95. The van der Waals surface area contributed by atoms with E-state index in [9.17, 15) is 44.7 Å². The van der Waals surface area contributed by atoms with Crippen LogP contribution in [0.15, 0.2) is 48.5 Å². The van der Waals surface area contributed by atoms with Gasteiger partial charge in [0.15, 0.2) is 0 Å². The summed E-state index contributed by atoms with van der Waals surface area (Å²) in [6.07, 6.45) is 0.290. The highest BCUT2D eigenvalue weighted by Gasteiger charge is 2.84. The van der Waals surface area contributed by atoms with Crippen LogP contribution in [-0.2, 0) is 22.4 Å². The molecule has 2 rings (SSSR count). The number of carbonyl (C=O) groups is 2. The highest BCUT2D eigenvalue weighted by Crippen LogP contribution is 2.53. The number of para-hydroxylation sites is 2. The molecule has 0 aliphatic rings. The third-order valence-electron chi connectivity index (χ3n) is 5.05. The Bertz CT molecular complexity index is 973. The summed E-state index contributed by atoms with van der Waals surface area (Å²) >= 11 is 0. The molecule has 186 valence electrons.